The summed E-state index contributed by atoms with van der Waals surface area (Å²) in [5.74, 6) is -0.336. The second-order valence-corrected chi connectivity index (χ2v) is 10.0. The van der Waals surface area contributed by atoms with E-state index in [9.17, 15) is 18.0 Å². The molecule has 4 aromatic rings. The number of amidine groups is 1. The number of hydrogen-bond donors (Lipinski definition) is 1. The zero-order valence-corrected chi connectivity index (χ0v) is 24.9. The third-order valence-corrected chi connectivity index (χ3v) is 6.55. The third kappa shape index (κ3) is 9.67. The number of nitrogens with zero attached hydrogens (tertiary/aromatic N) is 5. The fraction of sp³-hybridized carbons (Fsp3) is 0.233. The molecule has 0 atom stereocenters. The fourth-order valence-electron chi connectivity index (χ4n) is 3.75. The number of aromatic nitrogens is 3. The Hall–Kier alpha value is -4.69. The second kappa shape index (κ2) is 15.2. The van der Waals surface area contributed by atoms with Crippen molar-refractivity contribution in [1.29, 1.82) is 0 Å². The summed E-state index contributed by atoms with van der Waals surface area (Å²) in [7, 11) is 0. The highest BCUT2D eigenvalue weighted by atomic mass is 32.2. The first-order valence-electron chi connectivity index (χ1n) is 13.3. The van der Waals surface area contributed by atoms with Crippen molar-refractivity contribution in [2.24, 2.45) is 10.1 Å². The van der Waals surface area contributed by atoms with Crippen LogP contribution in [-0.4, -0.2) is 57.6 Å². The van der Waals surface area contributed by atoms with Crippen molar-refractivity contribution in [3.8, 4) is 22.8 Å². The van der Waals surface area contributed by atoms with Gasteiger partial charge in [-0.15, -0.1) is 18.3 Å². The average Bonchev–Trinajstić information content (AvgIpc) is 3.48. The molecular formula is C30H29F3N6O4S. The van der Waals surface area contributed by atoms with E-state index in [0.29, 0.717) is 23.3 Å². The molecule has 1 aromatic heterocycles. The van der Waals surface area contributed by atoms with Gasteiger partial charge in [0.2, 0.25) is 0 Å². The van der Waals surface area contributed by atoms with Crippen LogP contribution < -0.4 is 10.2 Å². The lowest BCUT2D eigenvalue weighted by Crippen LogP contribution is -2.17. The van der Waals surface area contributed by atoms with Crippen LogP contribution in [0.3, 0.4) is 0 Å². The number of aryl methyl sites for hydroxylation is 2. The van der Waals surface area contributed by atoms with Crippen molar-refractivity contribution in [2.75, 3.05) is 19.2 Å². The van der Waals surface area contributed by atoms with Crippen LogP contribution in [0.25, 0.3) is 17.1 Å². The fourth-order valence-corrected chi connectivity index (χ4v) is 4.33. The molecule has 0 aliphatic carbocycles. The molecule has 1 N–H and O–H groups in total. The zero-order valence-electron chi connectivity index (χ0n) is 24.0. The molecule has 230 valence electrons. The Morgan fingerprint density at radius 1 is 1.05 bits per heavy atom. The largest absolute Gasteiger partial charge is 0.573 e. The molecule has 0 saturated heterocycles. The average molecular weight is 627 g/mol. The smallest absolute Gasteiger partial charge is 0.452 e. The Kier molecular flexibility index (Phi) is 11.1. The quantitative estimate of drug-likeness (QED) is 0.0676. The van der Waals surface area contributed by atoms with Crippen LogP contribution in [0, 0.1) is 13.8 Å². The van der Waals surface area contributed by atoms with Crippen molar-refractivity contribution < 1.29 is 32.2 Å². The summed E-state index contributed by atoms with van der Waals surface area (Å²) in [5, 5.41) is 9.17. The van der Waals surface area contributed by atoms with E-state index in [1.807, 2.05) is 56.3 Å². The number of alkyl halides is 3. The van der Waals surface area contributed by atoms with Gasteiger partial charge in [0.15, 0.2) is 11.0 Å². The van der Waals surface area contributed by atoms with Crippen molar-refractivity contribution >= 4 is 34.8 Å². The number of ether oxygens (including phenoxy) is 3. The molecule has 0 spiro atoms. The first-order valence-corrected chi connectivity index (χ1v) is 14.3. The number of nitrogens with one attached hydrogen (secondary N) is 1. The van der Waals surface area contributed by atoms with Crippen LogP contribution in [-0.2, 0) is 14.3 Å². The molecule has 14 heteroatoms. The van der Waals surface area contributed by atoms with Gasteiger partial charge in [0, 0.05) is 12.2 Å². The van der Waals surface area contributed by atoms with E-state index < -0.39 is 12.3 Å². The van der Waals surface area contributed by atoms with Crippen LogP contribution in [0.15, 0.2) is 83.2 Å². The van der Waals surface area contributed by atoms with Gasteiger partial charge in [-0.3, -0.25) is 5.43 Å². The predicted molar refractivity (Wildman–Crippen MR) is 162 cm³/mol. The molecule has 0 saturated carbocycles. The molecule has 0 unspecified atom stereocenters. The molecule has 44 heavy (non-hydrogen) atoms. The molecule has 0 aliphatic heterocycles. The van der Waals surface area contributed by atoms with E-state index in [-0.39, 0.29) is 18.3 Å². The Morgan fingerprint density at radius 2 is 1.75 bits per heavy atom. The molecule has 3 aromatic carbocycles. The van der Waals surface area contributed by atoms with Crippen molar-refractivity contribution in [3.63, 3.8) is 0 Å². The van der Waals surface area contributed by atoms with Crippen molar-refractivity contribution in [3.05, 3.63) is 89.7 Å². The Labute approximate surface area is 256 Å². The highest BCUT2D eigenvalue weighted by Gasteiger charge is 2.31. The number of halogens is 3. The number of para-hydroxylation sites is 1. The van der Waals surface area contributed by atoms with Gasteiger partial charge < -0.3 is 14.2 Å². The first kappa shape index (κ1) is 32.2. The standard InChI is InChI=1S/C30H29F3N6O4S/c1-4-41-17-26(40)42-19-44-29(36-27-20(2)6-5-7-21(27)3)37-35-16-22-8-10-23(11-9-22)28-34-18-39(38-28)24-12-14-25(15-13-24)43-30(31,32)33/h5-16,18H,4,17,19H2,1-3H3,(H,36,37)/b35-16-. The van der Waals surface area contributed by atoms with E-state index >= 15 is 0 Å². The van der Waals surface area contributed by atoms with Crippen LogP contribution in [0.1, 0.15) is 23.6 Å². The van der Waals surface area contributed by atoms with Gasteiger partial charge in [-0.05, 0) is 73.5 Å². The van der Waals surface area contributed by atoms with Crippen LogP contribution in [0.4, 0.5) is 18.9 Å². The zero-order chi connectivity index (χ0) is 31.5. The van der Waals surface area contributed by atoms with Crippen LogP contribution in [0.2, 0.25) is 0 Å². The normalized spacial score (nSPS) is 12.0. The number of aliphatic imine (C=N–C) groups is 1. The maximum Gasteiger partial charge on any atom is 0.573 e. The number of esters is 1. The van der Waals surface area contributed by atoms with Gasteiger partial charge in [0.1, 0.15) is 24.6 Å². The lowest BCUT2D eigenvalue weighted by Gasteiger charge is -2.09. The highest BCUT2D eigenvalue weighted by Crippen LogP contribution is 2.25. The summed E-state index contributed by atoms with van der Waals surface area (Å²) in [6, 6.07) is 18.5. The minimum Gasteiger partial charge on any atom is -0.452 e. The molecule has 1 heterocycles. The molecule has 4 rings (SSSR count). The maximum absolute atomic E-state index is 12.4. The van der Waals surface area contributed by atoms with E-state index in [2.05, 4.69) is 25.3 Å². The molecule has 0 radical (unpaired) electrons. The van der Waals surface area contributed by atoms with Crippen LogP contribution >= 0.6 is 11.8 Å². The molecule has 10 nitrogen and oxygen atoms in total. The predicted octanol–water partition coefficient (Wildman–Crippen LogP) is 6.33. The van der Waals surface area contributed by atoms with E-state index in [4.69, 9.17) is 14.5 Å². The van der Waals surface area contributed by atoms with Gasteiger partial charge in [-0.2, -0.15) is 5.10 Å². The number of carbonyl (C=O) groups is 1. The second-order valence-electron chi connectivity index (χ2n) is 9.12. The van der Waals surface area contributed by atoms with Gasteiger partial charge in [0.25, 0.3) is 0 Å². The molecule has 0 amide bonds. The lowest BCUT2D eigenvalue weighted by molar-refractivity contribution is -0.274. The summed E-state index contributed by atoms with van der Waals surface area (Å²) in [4.78, 5) is 20.8. The minimum absolute atomic E-state index is 0.0258. The summed E-state index contributed by atoms with van der Waals surface area (Å²) >= 11 is 1.18. The van der Waals surface area contributed by atoms with Gasteiger partial charge >= 0.3 is 12.3 Å². The first-order chi connectivity index (χ1) is 21.1. The maximum atomic E-state index is 12.4. The number of rotatable bonds is 11. The van der Waals surface area contributed by atoms with Crippen LogP contribution in [0.5, 0.6) is 5.75 Å². The lowest BCUT2D eigenvalue weighted by atomic mass is 10.1. The third-order valence-electron chi connectivity index (χ3n) is 5.86. The summed E-state index contributed by atoms with van der Waals surface area (Å²) in [5.41, 5.74) is 7.73. The molecule has 0 fully saturated rings. The summed E-state index contributed by atoms with van der Waals surface area (Å²) in [6.45, 7) is 6.01. The number of thioether (sulfide) groups is 1. The van der Waals surface area contributed by atoms with Crippen molar-refractivity contribution in [1.82, 2.24) is 20.2 Å². The number of benzene rings is 3. The van der Waals surface area contributed by atoms with Crippen molar-refractivity contribution in [2.45, 2.75) is 27.1 Å². The summed E-state index contributed by atoms with van der Waals surface area (Å²) < 4.78 is 52.9. The van der Waals surface area contributed by atoms with Gasteiger partial charge in [-0.1, -0.05) is 42.5 Å². The van der Waals surface area contributed by atoms with E-state index in [0.717, 1.165) is 27.9 Å². The minimum atomic E-state index is -4.76. The molecule has 0 bridgehead atoms. The highest BCUT2D eigenvalue weighted by molar-refractivity contribution is 8.13. The van der Waals surface area contributed by atoms with Gasteiger partial charge in [-0.25, -0.2) is 19.5 Å². The molecular weight excluding hydrogens is 597 g/mol. The number of hydrazone groups is 1. The molecule has 0 aliphatic rings. The summed E-state index contributed by atoms with van der Waals surface area (Å²) in [6.07, 6.45) is -1.68. The van der Waals surface area contributed by atoms with E-state index in [1.54, 1.807) is 13.1 Å². The monoisotopic (exact) mass is 626 g/mol. The Bertz CT molecular complexity index is 1590. The number of carbonyl (C=O) groups excluding carboxylic acids is 1. The topological polar surface area (TPSA) is 112 Å². The SMILES string of the molecule is CCOCC(=O)OCSC(=Nc1c(C)cccc1C)N/N=C\c1ccc(-c2ncn(-c3ccc(OC(F)(F)F)cc3)n2)cc1. The van der Waals surface area contributed by atoms with E-state index in [1.165, 1.54) is 47.0 Å². The number of hydrogen-bond acceptors (Lipinski definition) is 9. The Morgan fingerprint density at radius 3 is 2.41 bits per heavy atom. The Balaban J connectivity index is 1.40. The van der Waals surface area contributed by atoms with Gasteiger partial charge in [0.05, 0.1) is 17.6 Å².